The lowest BCUT2D eigenvalue weighted by atomic mass is 10.0. The van der Waals surface area contributed by atoms with Crippen molar-refractivity contribution in [3.63, 3.8) is 0 Å². The molecule has 0 aromatic heterocycles. The number of thiol groups is 3. The fourth-order valence-electron chi connectivity index (χ4n) is 4.25. The van der Waals surface area contributed by atoms with Crippen LogP contribution in [0.4, 0.5) is 5.69 Å². The van der Waals surface area contributed by atoms with Crippen LogP contribution in [0.15, 0.2) is 112 Å². The van der Waals surface area contributed by atoms with E-state index in [0.717, 1.165) is 41.9 Å². The van der Waals surface area contributed by atoms with Crippen molar-refractivity contribution < 1.29 is 0 Å². The molecule has 6 aromatic rings. The van der Waals surface area contributed by atoms with Gasteiger partial charge < -0.3 is 5.73 Å². The standard InChI is InChI=1S/C14H11NS.C14H10S2/c2*15-13-11-7-3-1-5-9(11)10-6-2-4-8-12(10)14(13)16/h1-8,16H,15H2;1-8,15-16H. The Kier molecular flexibility index (Phi) is 5.68. The van der Waals surface area contributed by atoms with E-state index in [0.29, 0.717) is 0 Å². The van der Waals surface area contributed by atoms with Gasteiger partial charge in [0.25, 0.3) is 0 Å². The zero-order valence-electron chi connectivity index (χ0n) is 17.2. The molecule has 32 heavy (non-hydrogen) atoms. The Morgan fingerprint density at radius 3 is 0.969 bits per heavy atom. The first-order valence-electron chi connectivity index (χ1n) is 10.3. The van der Waals surface area contributed by atoms with E-state index in [4.69, 9.17) is 5.73 Å². The number of hydrogen-bond donors (Lipinski definition) is 4. The Bertz CT molecular complexity index is 1380. The van der Waals surface area contributed by atoms with E-state index in [-0.39, 0.29) is 0 Å². The van der Waals surface area contributed by atoms with Crippen LogP contribution in [0.5, 0.6) is 0 Å². The van der Waals surface area contributed by atoms with Crippen LogP contribution < -0.4 is 5.73 Å². The average molecular weight is 468 g/mol. The Morgan fingerprint density at radius 1 is 0.344 bits per heavy atom. The maximum Gasteiger partial charge on any atom is 0.0535 e. The zero-order chi connectivity index (χ0) is 22.2. The molecule has 0 saturated heterocycles. The number of nitrogens with two attached hydrogens (primary N) is 1. The molecule has 0 aliphatic heterocycles. The van der Waals surface area contributed by atoms with E-state index in [2.05, 4.69) is 92.5 Å². The highest BCUT2D eigenvalue weighted by Crippen LogP contribution is 2.37. The lowest BCUT2D eigenvalue weighted by molar-refractivity contribution is 1.38. The molecule has 6 aromatic carbocycles. The largest absolute Gasteiger partial charge is 0.397 e. The molecule has 2 N–H and O–H groups in total. The van der Waals surface area contributed by atoms with Crippen LogP contribution >= 0.6 is 37.9 Å². The second kappa shape index (κ2) is 8.62. The van der Waals surface area contributed by atoms with Gasteiger partial charge in [0.15, 0.2) is 0 Å². The molecule has 156 valence electrons. The maximum atomic E-state index is 6.11. The number of anilines is 1. The molecule has 0 saturated carbocycles. The maximum absolute atomic E-state index is 6.11. The van der Waals surface area contributed by atoms with Crippen molar-refractivity contribution in [3.8, 4) is 0 Å². The van der Waals surface area contributed by atoms with Gasteiger partial charge in [0.05, 0.1) is 5.69 Å². The highest BCUT2D eigenvalue weighted by atomic mass is 32.1. The molecule has 0 radical (unpaired) electrons. The van der Waals surface area contributed by atoms with Crippen molar-refractivity contribution in [2.45, 2.75) is 14.7 Å². The third-order valence-electron chi connectivity index (χ3n) is 5.82. The van der Waals surface area contributed by atoms with Crippen molar-refractivity contribution in [2.24, 2.45) is 0 Å². The summed E-state index contributed by atoms with van der Waals surface area (Å²) < 4.78 is 0. The van der Waals surface area contributed by atoms with Gasteiger partial charge in [0, 0.05) is 20.1 Å². The van der Waals surface area contributed by atoms with Crippen LogP contribution in [0, 0.1) is 0 Å². The summed E-state index contributed by atoms with van der Waals surface area (Å²) in [5.41, 5.74) is 6.87. The van der Waals surface area contributed by atoms with Crippen molar-refractivity contribution in [2.75, 3.05) is 5.73 Å². The topological polar surface area (TPSA) is 26.0 Å². The van der Waals surface area contributed by atoms with Gasteiger partial charge in [-0.2, -0.15) is 0 Å². The Balaban J connectivity index is 0.000000135. The number of rotatable bonds is 0. The van der Waals surface area contributed by atoms with E-state index in [9.17, 15) is 0 Å². The van der Waals surface area contributed by atoms with E-state index >= 15 is 0 Å². The normalized spacial score (nSPS) is 11.1. The molecular weight excluding hydrogens is 447 g/mol. The number of nitrogen functional groups attached to an aromatic ring is 1. The summed E-state index contributed by atoms with van der Waals surface area (Å²) in [5, 5.41) is 9.38. The van der Waals surface area contributed by atoms with Crippen molar-refractivity contribution in [1.82, 2.24) is 0 Å². The lowest BCUT2D eigenvalue weighted by Crippen LogP contribution is -1.91. The minimum Gasteiger partial charge on any atom is -0.397 e. The summed E-state index contributed by atoms with van der Waals surface area (Å²) in [4.78, 5) is 2.78. The summed E-state index contributed by atoms with van der Waals surface area (Å²) in [6, 6.07) is 33.0. The smallest absolute Gasteiger partial charge is 0.0535 e. The van der Waals surface area contributed by atoms with E-state index in [1.165, 1.54) is 21.5 Å². The van der Waals surface area contributed by atoms with E-state index < -0.39 is 0 Å². The molecule has 0 aliphatic rings. The third kappa shape index (κ3) is 3.49. The fraction of sp³-hybridized carbons (Fsp3) is 0. The Hall–Kier alpha value is -2.79. The molecule has 0 unspecified atom stereocenters. The predicted octanol–water partition coefficient (Wildman–Crippen LogP) is 8.43. The number of hydrogen-bond acceptors (Lipinski definition) is 4. The summed E-state index contributed by atoms with van der Waals surface area (Å²) in [7, 11) is 0. The molecular formula is C28H21NS3. The SMILES string of the molecule is Nc1c(S)c2ccccc2c2ccccc12.Sc1c(S)c2ccccc2c2ccccc12. The first kappa shape index (κ1) is 21.1. The van der Waals surface area contributed by atoms with Gasteiger partial charge in [-0.15, -0.1) is 37.9 Å². The van der Waals surface area contributed by atoms with Crippen LogP contribution in [0.1, 0.15) is 0 Å². The Labute approximate surface area is 203 Å². The van der Waals surface area contributed by atoms with Gasteiger partial charge in [-0.05, 0) is 37.7 Å². The second-order valence-electron chi connectivity index (χ2n) is 7.64. The molecule has 0 fully saturated rings. The van der Waals surface area contributed by atoms with Gasteiger partial charge in [0.1, 0.15) is 0 Å². The van der Waals surface area contributed by atoms with Crippen LogP contribution in [-0.2, 0) is 0 Å². The van der Waals surface area contributed by atoms with E-state index in [1.807, 2.05) is 42.5 Å². The molecule has 0 atom stereocenters. The van der Waals surface area contributed by atoms with Gasteiger partial charge in [-0.25, -0.2) is 0 Å². The first-order valence-corrected chi connectivity index (χ1v) is 11.6. The minimum atomic E-state index is 0.762. The fourth-order valence-corrected chi connectivity index (χ4v) is 5.20. The van der Waals surface area contributed by atoms with Crippen molar-refractivity contribution >= 4 is 86.7 Å². The first-order chi connectivity index (χ1) is 15.6. The molecule has 1 nitrogen and oxygen atoms in total. The monoisotopic (exact) mass is 467 g/mol. The van der Waals surface area contributed by atoms with Gasteiger partial charge in [0.2, 0.25) is 0 Å². The highest BCUT2D eigenvalue weighted by molar-refractivity contribution is 7.84. The summed E-state index contributed by atoms with van der Waals surface area (Å²) in [6.07, 6.45) is 0. The molecule has 0 aliphatic carbocycles. The van der Waals surface area contributed by atoms with Crippen LogP contribution in [0.25, 0.3) is 43.1 Å². The van der Waals surface area contributed by atoms with Gasteiger partial charge >= 0.3 is 0 Å². The molecule has 4 heteroatoms. The average Bonchev–Trinajstić information content (AvgIpc) is 2.86. The summed E-state index contributed by atoms with van der Waals surface area (Å²) >= 11 is 13.6. The molecule has 6 rings (SSSR count). The van der Waals surface area contributed by atoms with Crippen LogP contribution in [0.2, 0.25) is 0 Å². The summed E-state index contributed by atoms with van der Waals surface area (Å²) in [5.74, 6) is 0. The number of fused-ring (bicyclic) bond motifs is 6. The molecule has 0 spiro atoms. The van der Waals surface area contributed by atoms with E-state index in [1.54, 1.807) is 0 Å². The molecule has 0 bridgehead atoms. The van der Waals surface area contributed by atoms with Crippen LogP contribution in [0.3, 0.4) is 0 Å². The summed E-state index contributed by atoms with van der Waals surface area (Å²) in [6.45, 7) is 0. The third-order valence-corrected chi connectivity index (χ3v) is 7.41. The minimum absolute atomic E-state index is 0.762. The van der Waals surface area contributed by atoms with Gasteiger partial charge in [-0.3, -0.25) is 0 Å². The molecule has 0 amide bonds. The Morgan fingerprint density at radius 2 is 0.594 bits per heavy atom. The van der Waals surface area contributed by atoms with Crippen LogP contribution in [-0.4, -0.2) is 0 Å². The zero-order valence-corrected chi connectivity index (χ0v) is 19.8. The quantitative estimate of drug-likeness (QED) is 0.101. The highest BCUT2D eigenvalue weighted by Gasteiger charge is 2.09. The van der Waals surface area contributed by atoms with Gasteiger partial charge in [-0.1, -0.05) is 97.1 Å². The predicted molar refractivity (Wildman–Crippen MR) is 149 cm³/mol. The number of benzene rings is 6. The lowest BCUT2D eigenvalue weighted by Gasteiger charge is -2.10. The molecule has 0 heterocycles. The van der Waals surface area contributed by atoms with Crippen molar-refractivity contribution in [3.05, 3.63) is 97.1 Å². The van der Waals surface area contributed by atoms with Crippen molar-refractivity contribution in [1.29, 1.82) is 0 Å². The second-order valence-corrected chi connectivity index (χ2v) is 8.98.